The lowest BCUT2D eigenvalue weighted by molar-refractivity contribution is -0.316. The number of hydrogen-bond acceptors (Lipinski definition) is 3. The predicted octanol–water partition coefficient (Wildman–Crippen LogP) is 1.61. The minimum Gasteiger partial charge on any atom is -0.370 e. The van der Waals surface area contributed by atoms with Crippen molar-refractivity contribution < 1.29 is 17.6 Å². The van der Waals surface area contributed by atoms with Crippen molar-refractivity contribution in [2.75, 3.05) is 12.4 Å². The van der Waals surface area contributed by atoms with Gasteiger partial charge in [-0.15, -0.1) is 5.10 Å². The van der Waals surface area contributed by atoms with E-state index in [-0.39, 0.29) is 6.54 Å². The maximum absolute atomic E-state index is 12.9. The van der Waals surface area contributed by atoms with E-state index >= 15 is 0 Å². The van der Waals surface area contributed by atoms with Crippen molar-refractivity contribution in [1.29, 1.82) is 0 Å². The van der Waals surface area contributed by atoms with Crippen molar-refractivity contribution in [3.8, 4) is 0 Å². The summed E-state index contributed by atoms with van der Waals surface area (Å²) < 4.78 is 50.9. The third-order valence-electron chi connectivity index (χ3n) is 2.68. The number of halogens is 4. The third kappa shape index (κ3) is 1.52. The zero-order chi connectivity index (χ0) is 12.0. The first kappa shape index (κ1) is 11.2. The molecule has 1 aromatic rings. The van der Waals surface area contributed by atoms with Crippen LogP contribution in [0.5, 0.6) is 0 Å². The van der Waals surface area contributed by atoms with E-state index < -0.39 is 24.2 Å². The van der Waals surface area contributed by atoms with E-state index in [1.165, 1.54) is 6.20 Å². The average molecular weight is 238 g/mol. The van der Waals surface area contributed by atoms with Gasteiger partial charge in [-0.2, -0.15) is 27.5 Å². The van der Waals surface area contributed by atoms with Gasteiger partial charge in [-0.3, -0.25) is 0 Å². The van der Waals surface area contributed by atoms with Crippen LogP contribution in [0.2, 0.25) is 0 Å². The highest BCUT2D eigenvalue weighted by Crippen LogP contribution is 2.55. The summed E-state index contributed by atoms with van der Waals surface area (Å²) in [6.45, 7) is -0.301. The van der Waals surface area contributed by atoms with E-state index in [1.807, 2.05) is 0 Å². The fourth-order valence-electron chi connectivity index (χ4n) is 1.62. The van der Waals surface area contributed by atoms with E-state index in [4.69, 9.17) is 0 Å². The molecule has 1 saturated carbocycles. The molecule has 0 bridgehead atoms. The topological polar surface area (TPSA) is 42.7 Å². The summed E-state index contributed by atoms with van der Waals surface area (Å²) in [7, 11) is 1.60. The van der Waals surface area contributed by atoms with Crippen LogP contribution in [-0.2, 0) is 6.54 Å². The second-order valence-corrected chi connectivity index (χ2v) is 3.76. The molecule has 4 nitrogen and oxygen atoms in total. The van der Waals surface area contributed by atoms with Gasteiger partial charge >= 0.3 is 11.8 Å². The molecule has 8 heteroatoms. The van der Waals surface area contributed by atoms with Crippen LogP contribution in [0.25, 0.3) is 0 Å². The van der Waals surface area contributed by atoms with Crippen molar-refractivity contribution in [1.82, 2.24) is 15.0 Å². The Bertz CT molecular complexity index is 389. The van der Waals surface area contributed by atoms with E-state index in [0.717, 1.165) is 4.80 Å². The summed E-state index contributed by atoms with van der Waals surface area (Å²) in [5.41, 5.74) is 0. The van der Waals surface area contributed by atoms with Crippen LogP contribution in [0.1, 0.15) is 6.42 Å². The van der Waals surface area contributed by atoms with Crippen molar-refractivity contribution in [3.05, 3.63) is 6.20 Å². The van der Waals surface area contributed by atoms with E-state index in [9.17, 15) is 17.6 Å². The molecule has 1 fully saturated rings. The highest BCUT2D eigenvalue weighted by molar-refractivity contribution is 5.27. The van der Waals surface area contributed by atoms with Crippen LogP contribution in [-0.4, -0.2) is 33.9 Å². The Morgan fingerprint density at radius 2 is 2.19 bits per heavy atom. The Kier molecular flexibility index (Phi) is 2.32. The fourth-order valence-corrected chi connectivity index (χ4v) is 1.62. The van der Waals surface area contributed by atoms with Gasteiger partial charge in [-0.25, -0.2) is 0 Å². The zero-order valence-electron chi connectivity index (χ0n) is 8.42. The van der Waals surface area contributed by atoms with E-state index in [0.29, 0.717) is 5.82 Å². The number of alkyl halides is 4. The highest BCUT2D eigenvalue weighted by atomic mass is 19.3. The molecule has 1 N–H and O–H groups in total. The molecule has 1 unspecified atom stereocenters. The summed E-state index contributed by atoms with van der Waals surface area (Å²) in [5.74, 6) is -8.84. The van der Waals surface area contributed by atoms with Crippen LogP contribution in [0.4, 0.5) is 23.4 Å². The van der Waals surface area contributed by atoms with Crippen LogP contribution in [0.3, 0.4) is 0 Å². The number of hydrogen-bond donors (Lipinski definition) is 1. The second-order valence-electron chi connectivity index (χ2n) is 3.76. The Morgan fingerprint density at radius 1 is 1.50 bits per heavy atom. The molecule has 2 rings (SSSR count). The van der Waals surface area contributed by atoms with Crippen molar-refractivity contribution in [2.45, 2.75) is 24.8 Å². The highest BCUT2D eigenvalue weighted by Gasteiger charge is 2.71. The molecule has 0 spiro atoms. The number of nitrogens with zero attached hydrogens (tertiary/aromatic N) is 3. The number of nitrogens with one attached hydrogen (secondary N) is 1. The van der Waals surface area contributed by atoms with E-state index in [2.05, 4.69) is 15.5 Å². The smallest absolute Gasteiger partial charge is 0.315 e. The molecule has 0 aliphatic heterocycles. The monoisotopic (exact) mass is 238 g/mol. The molecular formula is C8H10F4N4. The summed E-state index contributed by atoms with van der Waals surface area (Å²) in [6, 6.07) is 0. The van der Waals surface area contributed by atoms with Crippen molar-refractivity contribution >= 4 is 5.82 Å². The second kappa shape index (κ2) is 3.33. The third-order valence-corrected chi connectivity index (χ3v) is 2.68. The molecule has 0 radical (unpaired) electrons. The Labute approximate surface area is 88.6 Å². The Hall–Kier alpha value is -1.34. The summed E-state index contributed by atoms with van der Waals surface area (Å²) in [4.78, 5) is 1.000. The molecule has 0 aromatic carbocycles. The summed E-state index contributed by atoms with van der Waals surface area (Å²) in [6.07, 6.45) is 0.519. The molecule has 1 aliphatic carbocycles. The molecule has 1 aromatic heterocycles. The van der Waals surface area contributed by atoms with Gasteiger partial charge in [0.15, 0.2) is 5.82 Å². The maximum Gasteiger partial charge on any atom is 0.315 e. The first-order chi connectivity index (χ1) is 7.37. The fraction of sp³-hybridized carbons (Fsp3) is 0.750. The van der Waals surface area contributed by atoms with Crippen LogP contribution in [0.15, 0.2) is 6.20 Å². The average Bonchev–Trinajstić information content (AvgIpc) is 2.64. The molecule has 1 heterocycles. The van der Waals surface area contributed by atoms with Gasteiger partial charge in [0.05, 0.1) is 18.7 Å². The SMILES string of the molecule is CNc1cnn(CC2CC(F)(F)C2(F)F)n1. The lowest BCUT2D eigenvalue weighted by Crippen LogP contribution is -2.59. The number of anilines is 1. The molecule has 16 heavy (non-hydrogen) atoms. The van der Waals surface area contributed by atoms with Crippen molar-refractivity contribution in [3.63, 3.8) is 0 Å². The van der Waals surface area contributed by atoms with Crippen LogP contribution in [0, 0.1) is 5.92 Å². The van der Waals surface area contributed by atoms with Gasteiger partial charge in [-0.1, -0.05) is 0 Å². The first-order valence-corrected chi connectivity index (χ1v) is 4.70. The van der Waals surface area contributed by atoms with Crippen LogP contribution < -0.4 is 5.32 Å². The molecule has 0 amide bonds. The normalized spacial score (nSPS) is 26.2. The number of rotatable bonds is 3. The lowest BCUT2D eigenvalue weighted by atomic mass is 9.77. The Morgan fingerprint density at radius 3 is 2.62 bits per heavy atom. The maximum atomic E-state index is 12.9. The van der Waals surface area contributed by atoms with Crippen LogP contribution >= 0.6 is 0 Å². The molecule has 1 atom stereocenters. The molecular weight excluding hydrogens is 228 g/mol. The zero-order valence-corrected chi connectivity index (χ0v) is 8.42. The summed E-state index contributed by atoms with van der Waals surface area (Å²) >= 11 is 0. The molecule has 0 saturated heterocycles. The predicted molar refractivity (Wildman–Crippen MR) is 47.6 cm³/mol. The quantitative estimate of drug-likeness (QED) is 0.813. The van der Waals surface area contributed by atoms with Gasteiger partial charge in [0.1, 0.15) is 0 Å². The molecule has 1 aliphatic rings. The standard InChI is InChI=1S/C8H10F4N4/c1-13-6-3-14-16(15-6)4-5-2-7(9,10)8(5,11)12/h3,5H,2,4H2,1H3,(H,13,15). The minimum absolute atomic E-state index is 0.301. The number of aromatic nitrogens is 3. The van der Waals surface area contributed by atoms with Gasteiger partial charge in [0.25, 0.3) is 0 Å². The lowest BCUT2D eigenvalue weighted by Gasteiger charge is -2.43. The molecule has 90 valence electrons. The van der Waals surface area contributed by atoms with E-state index in [1.54, 1.807) is 7.05 Å². The van der Waals surface area contributed by atoms with Gasteiger partial charge in [-0.05, 0) is 0 Å². The largest absolute Gasteiger partial charge is 0.370 e. The Balaban J connectivity index is 2.02. The van der Waals surface area contributed by atoms with Crippen molar-refractivity contribution in [2.24, 2.45) is 5.92 Å². The van der Waals surface area contributed by atoms with Gasteiger partial charge < -0.3 is 5.32 Å². The minimum atomic E-state index is -3.96. The summed E-state index contributed by atoms with van der Waals surface area (Å²) in [5, 5.41) is 10.1. The first-order valence-electron chi connectivity index (χ1n) is 4.70. The van der Waals surface area contributed by atoms with Gasteiger partial charge in [0, 0.05) is 13.5 Å². The van der Waals surface area contributed by atoms with Gasteiger partial charge in [0.2, 0.25) is 0 Å².